The fraction of sp³-hybridized carbons (Fsp3) is 0.357. The molecule has 1 saturated carbocycles. The van der Waals surface area contributed by atoms with Gasteiger partial charge in [0.1, 0.15) is 5.76 Å². The summed E-state index contributed by atoms with van der Waals surface area (Å²) in [5.41, 5.74) is 3.99. The molecule has 4 rings (SSSR count). The van der Waals surface area contributed by atoms with Crippen LogP contribution in [0.3, 0.4) is 0 Å². The Morgan fingerprint density at radius 1 is 1.40 bits per heavy atom. The second kappa shape index (κ2) is 4.63. The van der Waals surface area contributed by atoms with Crippen molar-refractivity contribution in [3.05, 3.63) is 35.7 Å². The number of pyridine rings is 1. The van der Waals surface area contributed by atoms with Crippen LogP contribution in [0.5, 0.6) is 0 Å². The van der Waals surface area contributed by atoms with Crippen LogP contribution in [-0.2, 0) is 5.75 Å². The van der Waals surface area contributed by atoms with Gasteiger partial charge in [-0.15, -0.1) is 0 Å². The Labute approximate surface area is 120 Å². The van der Waals surface area contributed by atoms with Gasteiger partial charge in [0, 0.05) is 17.9 Å². The van der Waals surface area contributed by atoms with Crippen LogP contribution >= 0.6 is 11.8 Å². The Balaban J connectivity index is 1.55. The number of rotatable bonds is 4. The van der Waals surface area contributed by atoms with E-state index in [4.69, 9.17) is 4.42 Å². The van der Waals surface area contributed by atoms with Gasteiger partial charge >= 0.3 is 0 Å². The van der Waals surface area contributed by atoms with Crippen molar-refractivity contribution >= 4 is 22.9 Å². The highest BCUT2D eigenvalue weighted by molar-refractivity contribution is 7.98. The zero-order chi connectivity index (χ0) is 13.5. The molecule has 20 heavy (non-hydrogen) atoms. The van der Waals surface area contributed by atoms with E-state index >= 15 is 0 Å². The van der Waals surface area contributed by atoms with Crippen molar-refractivity contribution in [2.75, 3.05) is 0 Å². The zero-order valence-corrected chi connectivity index (χ0v) is 11.9. The molecule has 0 spiro atoms. The molecule has 0 saturated heterocycles. The van der Waals surface area contributed by atoms with Gasteiger partial charge in [-0.25, -0.2) is 15.0 Å². The summed E-state index contributed by atoms with van der Waals surface area (Å²) >= 11 is 1.64. The van der Waals surface area contributed by atoms with Crippen LogP contribution in [0.1, 0.15) is 35.8 Å². The molecular weight excluding hydrogens is 272 g/mol. The smallest absolute Gasteiger partial charge is 0.181 e. The van der Waals surface area contributed by atoms with Crippen LogP contribution in [0.2, 0.25) is 0 Å². The third-order valence-corrected chi connectivity index (χ3v) is 4.43. The quantitative estimate of drug-likeness (QED) is 0.744. The van der Waals surface area contributed by atoms with Crippen molar-refractivity contribution in [3.8, 4) is 0 Å². The number of nitrogens with one attached hydrogen (secondary N) is 1. The number of hydrogen-bond acceptors (Lipinski definition) is 5. The molecule has 3 heterocycles. The van der Waals surface area contributed by atoms with Crippen molar-refractivity contribution in [3.63, 3.8) is 0 Å². The standard InChI is InChI=1S/C14H14N4OS/c1-8-4-5-15-13-11(8)17-14(18-13)20-6-10-12(9-2-3-9)19-7-16-10/h4-5,7,9H,2-3,6H2,1H3,(H,15,17,18). The molecule has 0 radical (unpaired) electrons. The van der Waals surface area contributed by atoms with Crippen LogP contribution < -0.4 is 0 Å². The summed E-state index contributed by atoms with van der Waals surface area (Å²) in [6, 6.07) is 1.98. The highest BCUT2D eigenvalue weighted by atomic mass is 32.2. The van der Waals surface area contributed by atoms with Crippen LogP contribution in [0.4, 0.5) is 0 Å². The molecule has 3 aromatic rings. The van der Waals surface area contributed by atoms with Gasteiger partial charge in [0.15, 0.2) is 17.2 Å². The van der Waals surface area contributed by atoms with Gasteiger partial charge in [-0.1, -0.05) is 11.8 Å². The Morgan fingerprint density at radius 3 is 3.10 bits per heavy atom. The third kappa shape index (κ3) is 2.10. The molecule has 0 aliphatic heterocycles. The largest absolute Gasteiger partial charge is 0.448 e. The number of imidazole rings is 1. The molecule has 0 atom stereocenters. The van der Waals surface area contributed by atoms with E-state index in [2.05, 4.69) is 26.9 Å². The van der Waals surface area contributed by atoms with Crippen LogP contribution in [-0.4, -0.2) is 19.9 Å². The average molecular weight is 286 g/mol. The predicted octanol–water partition coefficient (Wildman–Crippen LogP) is 3.42. The zero-order valence-electron chi connectivity index (χ0n) is 11.1. The lowest BCUT2D eigenvalue weighted by Crippen LogP contribution is -1.87. The molecule has 1 fully saturated rings. The van der Waals surface area contributed by atoms with Gasteiger partial charge in [0.05, 0.1) is 11.2 Å². The number of aromatic nitrogens is 4. The number of fused-ring (bicyclic) bond motifs is 1. The molecule has 5 nitrogen and oxygen atoms in total. The van der Waals surface area contributed by atoms with E-state index < -0.39 is 0 Å². The second-order valence-corrected chi connectivity index (χ2v) is 6.06. The van der Waals surface area contributed by atoms with Crippen molar-refractivity contribution < 1.29 is 4.42 Å². The van der Waals surface area contributed by atoms with Gasteiger partial charge < -0.3 is 9.40 Å². The lowest BCUT2D eigenvalue weighted by molar-refractivity contribution is 0.504. The maximum absolute atomic E-state index is 5.49. The molecule has 0 bridgehead atoms. The Kier molecular flexibility index (Phi) is 2.77. The van der Waals surface area contributed by atoms with E-state index in [1.54, 1.807) is 24.4 Å². The maximum atomic E-state index is 5.49. The lowest BCUT2D eigenvalue weighted by atomic mass is 10.3. The molecule has 1 aliphatic carbocycles. The Morgan fingerprint density at radius 2 is 2.30 bits per heavy atom. The monoisotopic (exact) mass is 286 g/mol. The van der Waals surface area contributed by atoms with Gasteiger partial charge in [0.2, 0.25) is 0 Å². The SMILES string of the molecule is Cc1ccnc2nc(SCc3ncoc3C3CC3)[nH]c12. The first kappa shape index (κ1) is 12.0. The summed E-state index contributed by atoms with van der Waals surface area (Å²) in [5, 5.41) is 0.881. The first-order valence-corrected chi connectivity index (χ1v) is 7.66. The van der Waals surface area contributed by atoms with Gasteiger partial charge in [-0.3, -0.25) is 0 Å². The van der Waals surface area contributed by atoms with E-state index in [0.29, 0.717) is 5.92 Å². The first-order valence-electron chi connectivity index (χ1n) is 6.67. The third-order valence-electron chi connectivity index (χ3n) is 3.55. The molecule has 3 aromatic heterocycles. The molecule has 0 unspecified atom stereocenters. The maximum Gasteiger partial charge on any atom is 0.181 e. The molecular formula is C14H14N4OS. The number of oxazole rings is 1. The van der Waals surface area contributed by atoms with Gasteiger partial charge in [-0.2, -0.15) is 0 Å². The number of aryl methyl sites for hydroxylation is 1. The minimum atomic E-state index is 0.590. The summed E-state index contributed by atoms with van der Waals surface area (Å²) in [7, 11) is 0. The van der Waals surface area contributed by atoms with E-state index in [-0.39, 0.29) is 0 Å². The average Bonchev–Trinajstić information content (AvgIpc) is 3.02. The summed E-state index contributed by atoms with van der Waals surface area (Å²) < 4.78 is 5.49. The molecule has 1 aliphatic rings. The second-order valence-electron chi connectivity index (χ2n) is 5.09. The van der Waals surface area contributed by atoms with Crippen LogP contribution in [0, 0.1) is 6.92 Å². The Bertz CT molecular complexity index is 759. The number of thioether (sulfide) groups is 1. The van der Waals surface area contributed by atoms with Gasteiger partial charge in [0.25, 0.3) is 0 Å². The van der Waals surface area contributed by atoms with Crippen molar-refractivity contribution in [1.82, 2.24) is 19.9 Å². The highest BCUT2D eigenvalue weighted by Gasteiger charge is 2.29. The normalized spacial score (nSPS) is 15.1. The van der Waals surface area contributed by atoms with E-state index in [1.165, 1.54) is 12.8 Å². The van der Waals surface area contributed by atoms with E-state index in [1.807, 2.05) is 6.07 Å². The Hall–Kier alpha value is -1.82. The van der Waals surface area contributed by atoms with E-state index in [9.17, 15) is 0 Å². The molecule has 6 heteroatoms. The fourth-order valence-corrected chi connectivity index (χ4v) is 3.10. The summed E-state index contributed by atoms with van der Waals surface area (Å²) in [4.78, 5) is 16.4. The van der Waals surface area contributed by atoms with Crippen molar-refractivity contribution in [1.29, 1.82) is 0 Å². The molecule has 102 valence electrons. The van der Waals surface area contributed by atoms with Crippen molar-refractivity contribution in [2.24, 2.45) is 0 Å². The van der Waals surface area contributed by atoms with Crippen LogP contribution in [0.25, 0.3) is 11.2 Å². The summed E-state index contributed by atoms with van der Waals surface area (Å²) in [5.74, 6) is 2.43. The van der Waals surface area contributed by atoms with Crippen molar-refractivity contribution in [2.45, 2.75) is 36.6 Å². The molecule has 0 aromatic carbocycles. The first-order chi connectivity index (χ1) is 9.81. The highest BCUT2D eigenvalue weighted by Crippen LogP contribution is 2.42. The van der Waals surface area contributed by atoms with E-state index in [0.717, 1.165) is 39.1 Å². The number of hydrogen-bond donors (Lipinski definition) is 1. The minimum Gasteiger partial charge on any atom is -0.448 e. The summed E-state index contributed by atoms with van der Waals surface area (Å²) in [6.07, 6.45) is 5.78. The summed E-state index contributed by atoms with van der Waals surface area (Å²) in [6.45, 7) is 2.06. The number of aromatic amines is 1. The molecule has 0 amide bonds. The van der Waals surface area contributed by atoms with Crippen LogP contribution in [0.15, 0.2) is 28.2 Å². The topological polar surface area (TPSA) is 67.6 Å². The predicted molar refractivity (Wildman–Crippen MR) is 76.7 cm³/mol. The van der Waals surface area contributed by atoms with Gasteiger partial charge in [-0.05, 0) is 31.4 Å². The fourth-order valence-electron chi connectivity index (χ4n) is 2.28. The molecule has 1 N–H and O–H groups in total. The number of nitrogens with zero attached hydrogens (tertiary/aromatic N) is 3. The number of H-pyrrole nitrogens is 1. The lowest BCUT2D eigenvalue weighted by Gasteiger charge is -1.97. The minimum absolute atomic E-state index is 0.590.